The van der Waals surface area contributed by atoms with Gasteiger partial charge in [0.1, 0.15) is 11.7 Å². The van der Waals surface area contributed by atoms with Crippen molar-refractivity contribution < 1.29 is 14.6 Å². The van der Waals surface area contributed by atoms with Crippen molar-refractivity contribution in [2.75, 3.05) is 13.2 Å². The molecule has 0 bridgehead atoms. The maximum atomic E-state index is 10.7. The molecule has 1 saturated heterocycles. The Hall–Kier alpha value is -2.50. The van der Waals surface area contributed by atoms with E-state index >= 15 is 0 Å². The van der Waals surface area contributed by atoms with Gasteiger partial charge >= 0.3 is 0 Å². The molecule has 3 aromatic rings. The Morgan fingerprint density at radius 1 is 0.750 bits per heavy atom. The molecule has 0 spiro atoms. The number of rotatable bonds is 5. The van der Waals surface area contributed by atoms with Crippen molar-refractivity contribution >= 4 is 0 Å². The number of aliphatic hydroxyl groups is 1. The van der Waals surface area contributed by atoms with E-state index in [1.807, 2.05) is 54.6 Å². The fourth-order valence-corrected chi connectivity index (χ4v) is 3.85. The predicted molar refractivity (Wildman–Crippen MR) is 109 cm³/mol. The van der Waals surface area contributed by atoms with Crippen molar-refractivity contribution in [3.8, 4) is 0 Å². The van der Waals surface area contributed by atoms with E-state index in [1.54, 1.807) is 0 Å². The second-order valence-electron chi connectivity index (χ2n) is 7.13. The zero-order chi connectivity index (χ0) is 19.4. The zero-order valence-corrected chi connectivity index (χ0v) is 15.6. The molecule has 3 atom stereocenters. The minimum atomic E-state index is -0.893. The molecular formula is C24H25NO3. The summed E-state index contributed by atoms with van der Waals surface area (Å²) in [6.07, 6.45) is -1.35. The average Bonchev–Trinajstić information content (AvgIpc) is 2.77. The fourth-order valence-electron chi connectivity index (χ4n) is 3.85. The third-order valence-corrected chi connectivity index (χ3v) is 5.28. The number of aliphatic hydroxyl groups excluding tert-OH is 1. The van der Waals surface area contributed by atoms with Gasteiger partial charge in [-0.3, -0.25) is 0 Å². The summed E-state index contributed by atoms with van der Waals surface area (Å²) in [5.74, 6) is 0. The summed E-state index contributed by atoms with van der Waals surface area (Å²) in [5.41, 5.74) is 8.11. The standard InChI is InChI=1S/C24H25NO3/c25-21-16-27-17-22(23(21)26)28-24(18-10-4-1-5-11-18,19-12-6-2-7-13-19)20-14-8-3-9-15-20/h1-15,21-23,26H,16-17,25H2/t21-,22-,23+/m1/s1. The molecule has 1 aliphatic heterocycles. The zero-order valence-electron chi connectivity index (χ0n) is 15.6. The summed E-state index contributed by atoms with van der Waals surface area (Å²) < 4.78 is 12.4. The summed E-state index contributed by atoms with van der Waals surface area (Å²) >= 11 is 0. The lowest BCUT2D eigenvalue weighted by Gasteiger charge is -2.42. The first-order chi connectivity index (χ1) is 13.7. The maximum absolute atomic E-state index is 10.7. The second kappa shape index (κ2) is 8.25. The van der Waals surface area contributed by atoms with Gasteiger partial charge in [0, 0.05) is 0 Å². The Morgan fingerprint density at radius 2 is 1.18 bits per heavy atom. The van der Waals surface area contributed by atoms with E-state index in [2.05, 4.69) is 36.4 Å². The molecule has 4 rings (SSSR count). The molecule has 4 heteroatoms. The smallest absolute Gasteiger partial charge is 0.144 e. The van der Waals surface area contributed by atoms with Gasteiger partial charge in [0.25, 0.3) is 0 Å². The molecule has 1 heterocycles. The van der Waals surface area contributed by atoms with Crippen molar-refractivity contribution in [3.63, 3.8) is 0 Å². The molecule has 0 amide bonds. The molecule has 3 aromatic carbocycles. The van der Waals surface area contributed by atoms with Crippen LogP contribution in [0.5, 0.6) is 0 Å². The van der Waals surface area contributed by atoms with Crippen LogP contribution >= 0.6 is 0 Å². The average molecular weight is 375 g/mol. The molecule has 144 valence electrons. The summed E-state index contributed by atoms with van der Waals surface area (Å²) in [7, 11) is 0. The van der Waals surface area contributed by atoms with Crippen molar-refractivity contribution in [3.05, 3.63) is 108 Å². The van der Waals surface area contributed by atoms with Crippen LogP contribution < -0.4 is 5.73 Å². The highest BCUT2D eigenvalue weighted by Crippen LogP contribution is 2.42. The first-order valence-corrected chi connectivity index (χ1v) is 9.57. The Kier molecular flexibility index (Phi) is 5.55. The van der Waals surface area contributed by atoms with E-state index < -0.39 is 23.9 Å². The molecule has 1 aliphatic rings. The largest absolute Gasteiger partial charge is 0.389 e. The summed E-state index contributed by atoms with van der Waals surface area (Å²) in [6, 6.07) is 29.8. The van der Waals surface area contributed by atoms with Gasteiger partial charge in [-0.1, -0.05) is 91.0 Å². The summed E-state index contributed by atoms with van der Waals surface area (Å²) in [4.78, 5) is 0. The van der Waals surface area contributed by atoms with E-state index in [0.29, 0.717) is 13.2 Å². The molecule has 1 fully saturated rings. The Balaban J connectivity index is 1.91. The topological polar surface area (TPSA) is 64.7 Å². The molecule has 0 unspecified atom stereocenters. The Labute approximate surface area is 165 Å². The van der Waals surface area contributed by atoms with Crippen LogP contribution in [-0.4, -0.2) is 36.6 Å². The van der Waals surface area contributed by atoms with Crippen molar-refractivity contribution in [2.45, 2.75) is 23.9 Å². The van der Waals surface area contributed by atoms with E-state index in [9.17, 15) is 5.11 Å². The van der Waals surface area contributed by atoms with E-state index in [-0.39, 0.29) is 0 Å². The maximum Gasteiger partial charge on any atom is 0.144 e. The monoisotopic (exact) mass is 375 g/mol. The molecule has 0 radical (unpaired) electrons. The highest BCUT2D eigenvalue weighted by atomic mass is 16.6. The number of hydrogen-bond acceptors (Lipinski definition) is 4. The Morgan fingerprint density at radius 3 is 1.61 bits per heavy atom. The van der Waals surface area contributed by atoms with E-state index in [1.165, 1.54) is 0 Å². The van der Waals surface area contributed by atoms with Crippen LogP contribution in [0.4, 0.5) is 0 Å². The first kappa shape index (κ1) is 18.8. The lowest BCUT2D eigenvalue weighted by molar-refractivity contribution is -0.164. The fraction of sp³-hybridized carbons (Fsp3) is 0.250. The molecule has 0 aromatic heterocycles. The molecule has 0 aliphatic carbocycles. The predicted octanol–water partition coefficient (Wildman–Crippen LogP) is 3.08. The van der Waals surface area contributed by atoms with E-state index in [4.69, 9.17) is 15.2 Å². The third kappa shape index (κ3) is 3.48. The highest BCUT2D eigenvalue weighted by Gasteiger charge is 2.43. The minimum Gasteiger partial charge on any atom is -0.389 e. The van der Waals surface area contributed by atoms with Gasteiger partial charge in [-0.15, -0.1) is 0 Å². The van der Waals surface area contributed by atoms with Crippen LogP contribution in [-0.2, 0) is 15.1 Å². The molecule has 0 saturated carbocycles. The van der Waals surface area contributed by atoms with Crippen LogP contribution in [0.1, 0.15) is 16.7 Å². The van der Waals surface area contributed by atoms with Crippen molar-refractivity contribution in [2.24, 2.45) is 5.73 Å². The lowest BCUT2D eigenvalue weighted by Crippen LogP contribution is -2.55. The van der Waals surface area contributed by atoms with Crippen molar-refractivity contribution in [1.29, 1.82) is 0 Å². The van der Waals surface area contributed by atoms with Crippen LogP contribution in [0, 0.1) is 0 Å². The third-order valence-electron chi connectivity index (χ3n) is 5.28. The van der Waals surface area contributed by atoms with Gasteiger partial charge in [-0.2, -0.15) is 0 Å². The number of ether oxygens (including phenoxy) is 2. The summed E-state index contributed by atoms with van der Waals surface area (Å²) in [6.45, 7) is 0.624. The van der Waals surface area contributed by atoms with Gasteiger partial charge in [0.05, 0.1) is 25.4 Å². The van der Waals surface area contributed by atoms with Crippen LogP contribution in [0.2, 0.25) is 0 Å². The molecule has 3 N–H and O–H groups in total. The molecule has 28 heavy (non-hydrogen) atoms. The summed E-state index contributed by atoms with van der Waals surface area (Å²) in [5, 5.41) is 10.7. The second-order valence-corrected chi connectivity index (χ2v) is 7.13. The normalized spacial score (nSPS) is 22.7. The van der Waals surface area contributed by atoms with Gasteiger partial charge in [0.15, 0.2) is 0 Å². The first-order valence-electron chi connectivity index (χ1n) is 9.57. The number of nitrogens with two attached hydrogens (primary N) is 1. The SMILES string of the molecule is N[C@@H]1COC[C@@H](OC(c2ccccc2)(c2ccccc2)c2ccccc2)[C@H]1O. The van der Waals surface area contributed by atoms with E-state index in [0.717, 1.165) is 16.7 Å². The van der Waals surface area contributed by atoms with Crippen LogP contribution in [0.3, 0.4) is 0 Å². The van der Waals surface area contributed by atoms with Gasteiger partial charge in [-0.05, 0) is 16.7 Å². The molecular weight excluding hydrogens is 350 g/mol. The highest BCUT2D eigenvalue weighted by molar-refractivity contribution is 5.47. The Bertz CT molecular complexity index is 773. The minimum absolute atomic E-state index is 0.295. The quantitative estimate of drug-likeness (QED) is 0.673. The van der Waals surface area contributed by atoms with Crippen LogP contribution in [0.15, 0.2) is 91.0 Å². The van der Waals surface area contributed by atoms with Gasteiger partial charge in [0.2, 0.25) is 0 Å². The number of hydrogen-bond donors (Lipinski definition) is 2. The lowest BCUT2D eigenvalue weighted by atomic mass is 9.79. The van der Waals surface area contributed by atoms with Crippen LogP contribution in [0.25, 0.3) is 0 Å². The van der Waals surface area contributed by atoms with Gasteiger partial charge in [-0.25, -0.2) is 0 Å². The molecule has 4 nitrogen and oxygen atoms in total. The number of benzene rings is 3. The van der Waals surface area contributed by atoms with Crippen molar-refractivity contribution in [1.82, 2.24) is 0 Å². The van der Waals surface area contributed by atoms with Gasteiger partial charge < -0.3 is 20.3 Å².